The smallest absolute Gasteiger partial charge is 0.408 e. The second-order valence-corrected chi connectivity index (χ2v) is 14.4. The number of hydrogen-bond acceptors (Lipinski definition) is 9. The first kappa shape index (κ1) is 33.4. The fraction of sp³-hybridized carbons (Fsp3) is 0.657. The number of aromatic nitrogens is 2. The molecule has 46 heavy (non-hydrogen) atoms. The molecule has 248 valence electrons. The number of carbonyl (C=O) groups is 3. The van der Waals surface area contributed by atoms with Crippen LogP contribution in [0.15, 0.2) is 18.2 Å². The third-order valence-corrected chi connectivity index (χ3v) is 10.0. The zero-order chi connectivity index (χ0) is 33.2. The van der Waals surface area contributed by atoms with E-state index in [4.69, 9.17) is 24.2 Å². The van der Waals surface area contributed by atoms with Gasteiger partial charge in [0, 0.05) is 18.4 Å². The van der Waals surface area contributed by atoms with Crippen LogP contribution in [0.1, 0.15) is 91.7 Å². The minimum atomic E-state index is -0.978. The first-order valence-corrected chi connectivity index (χ1v) is 16.5. The van der Waals surface area contributed by atoms with Gasteiger partial charge in [-0.3, -0.25) is 9.59 Å². The van der Waals surface area contributed by atoms with Crippen LogP contribution in [0.4, 0.5) is 4.79 Å². The summed E-state index contributed by atoms with van der Waals surface area (Å²) in [6, 6.07) is 5.83. The molecule has 11 heteroatoms. The Balaban J connectivity index is 1.58. The monoisotopic (exact) mass is 633 g/mol. The number of ether oxygens (including phenoxy) is 3. The van der Waals surface area contributed by atoms with Crippen LogP contribution in [-0.4, -0.2) is 70.1 Å². The SMILES string of the molecule is COc1ccc2nc3c(nc2c1)O[C@H]1CN(C(=O)[C@H](C(C)(C)C)NC(=O)O[C@]2(C)CCC[C@H]2CCCCC3)[C@H](C(C)=O)[C@@H]1CC#N. The third-order valence-electron chi connectivity index (χ3n) is 10.0. The van der Waals surface area contributed by atoms with Crippen LogP contribution in [0.3, 0.4) is 0 Å². The van der Waals surface area contributed by atoms with Crippen molar-refractivity contribution in [2.75, 3.05) is 13.7 Å². The molecule has 1 N–H and O–H groups in total. The van der Waals surface area contributed by atoms with Gasteiger partial charge in [-0.05, 0) is 75.8 Å². The largest absolute Gasteiger partial charge is 0.497 e. The van der Waals surface area contributed by atoms with Gasteiger partial charge in [-0.1, -0.05) is 33.6 Å². The van der Waals surface area contributed by atoms with Gasteiger partial charge < -0.3 is 24.4 Å². The molecule has 3 aliphatic rings. The summed E-state index contributed by atoms with van der Waals surface area (Å²) in [7, 11) is 1.59. The first-order chi connectivity index (χ1) is 21.8. The Morgan fingerprint density at radius 2 is 1.91 bits per heavy atom. The molecule has 1 saturated heterocycles. The van der Waals surface area contributed by atoms with Crippen LogP contribution in [0.5, 0.6) is 11.6 Å². The molecule has 5 rings (SSSR count). The molecular formula is C35H47N5O6. The second-order valence-electron chi connectivity index (χ2n) is 14.4. The number of hydrogen-bond donors (Lipinski definition) is 1. The summed E-state index contributed by atoms with van der Waals surface area (Å²) in [6.45, 7) is 9.08. The van der Waals surface area contributed by atoms with E-state index in [1.54, 1.807) is 13.2 Å². The van der Waals surface area contributed by atoms with Crippen LogP contribution in [0.25, 0.3) is 11.0 Å². The number of benzene rings is 1. The molecule has 11 nitrogen and oxygen atoms in total. The number of rotatable bonds is 3. The third kappa shape index (κ3) is 6.91. The van der Waals surface area contributed by atoms with Crippen LogP contribution in [0.2, 0.25) is 0 Å². The van der Waals surface area contributed by atoms with Gasteiger partial charge in [-0.25, -0.2) is 14.8 Å². The molecule has 0 spiro atoms. The maximum absolute atomic E-state index is 14.4. The number of amides is 2. The average Bonchev–Trinajstić information content (AvgIpc) is 3.54. The topological polar surface area (TPSA) is 144 Å². The van der Waals surface area contributed by atoms with E-state index >= 15 is 0 Å². The van der Waals surface area contributed by atoms with E-state index < -0.39 is 47.1 Å². The van der Waals surface area contributed by atoms with Crippen molar-refractivity contribution in [3.05, 3.63) is 23.9 Å². The fourth-order valence-corrected chi connectivity index (χ4v) is 7.51. The van der Waals surface area contributed by atoms with Gasteiger partial charge in [0.2, 0.25) is 11.8 Å². The standard InChI is InChI=1S/C35H47N5O6/c1-21(41)29-24(16-18-36)28-20-40(29)32(42)30(34(2,3)4)39-33(43)46-35(5)17-10-12-22(35)11-8-7-9-13-26-31(45-28)38-27-19-23(44-6)14-15-25(27)37-26/h14-15,19,22,24,28-30H,7-13,16-17,20H2,1-6H3,(H,39,43)/t22-,24-,28+,29-,30-,35-/m1/s1. The molecule has 1 aromatic carbocycles. The lowest BCUT2D eigenvalue weighted by atomic mass is 9.85. The van der Waals surface area contributed by atoms with E-state index in [0.29, 0.717) is 34.8 Å². The molecule has 2 amide bonds. The lowest BCUT2D eigenvalue weighted by Crippen LogP contribution is -2.58. The Labute approximate surface area is 271 Å². The van der Waals surface area contributed by atoms with Gasteiger partial charge >= 0.3 is 6.09 Å². The zero-order valence-electron chi connectivity index (χ0n) is 27.9. The van der Waals surface area contributed by atoms with Gasteiger partial charge in [0.15, 0.2) is 5.78 Å². The molecule has 2 bridgehead atoms. The summed E-state index contributed by atoms with van der Waals surface area (Å²) < 4.78 is 18.1. The highest BCUT2D eigenvalue weighted by molar-refractivity contribution is 5.92. The summed E-state index contributed by atoms with van der Waals surface area (Å²) in [5.41, 5.74) is 0.695. The normalized spacial score (nSPS) is 29.3. The van der Waals surface area contributed by atoms with Crippen molar-refractivity contribution >= 4 is 28.8 Å². The summed E-state index contributed by atoms with van der Waals surface area (Å²) in [6.07, 6.45) is 5.77. The minimum absolute atomic E-state index is 0.00173. The van der Waals surface area contributed by atoms with Crippen LogP contribution in [-0.2, 0) is 20.7 Å². The van der Waals surface area contributed by atoms with Crippen molar-refractivity contribution in [2.45, 2.75) is 116 Å². The van der Waals surface area contributed by atoms with Gasteiger partial charge in [0.1, 0.15) is 29.2 Å². The summed E-state index contributed by atoms with van der Waals surface area (Å²) in [4.78, 5) is 52.3. The van der Waals surface area contributed by atoms with Crippen molar-refractivity contribution in [1.29, 1.82) is 5.26 Å². The number of nitriles is 1. The minimum Gasteiger partial charge on any atom is -0.497 e. The van der Waals surface area contributed by atoms with E-state index in [1.165, 1.54) is 11.8 Å². The van der Waals surface area contributed by atoms with Gasteiger partial charge in [-0.15, -0.1) is 0 Å². The van der Waals surface area contributed by atoms with E-state index in [1.807, 2.05) is 39.8 Å². The average molecular weight is 634 g/mol. The maximum atomic E-state index is 14.4. The van der Waals surface area contributed by atoms with E-state index in [2.05, 4.69) is 11.4 Å². The zero-order valence-corrected chi connectivity index (χ0v) is 27.9. The van der Waals surface area contributed by atoms with Crippen LogP contribution >= 0.6 is 0 Å². The number of nitrogens with one attached hydrogen (secondary N) is 1. The molecular weight excluding hydrogens is 586 g/mol. The number of aryl methyl sites for hydroxylation is 1. The van der Waals surface area contributed by atoms with Gasteiger partial charge in [0.05, 0.1) is 36.8 Å². The predicted molar refractivity (Wildman–Crippen MR) is 171 cm³/mol. The molecule has 0 radical (unpaired) electrons. The van der Waals surface area contributed by atoms with E-state index in [0.717, 1.165) is 44.9 Å². The number of fused-ring (bicyclic) bond motifs is 5. The highest BCUT2D eigenvalue weighted by Crippen LogP contribution is 2.42. The van der Waals surface area contributed by atoms with E-state index in [-0.39, 0.29) is 24.7 Å². The Morgan fingerprint density at radius 3 is 2.61 bits per heavy atom. The first-order valence-electron chi connectivity index (χ1n) is 16.5. The molecule has 2 aliphatic heterocycles. The number of methoxy groups -OCH3 is 1. The Hall–Kier alpha value is -3.94. The van der Waals surface area contributed by atoms with Gasteiger partial charge in [0.25, 0.3) is 0 Å². The van der Waals surface area contributed by atoms with E-state index in [9.17, 15) is 19.6 Å². The second kappa shape index (κ2) is 13.4. The highest BCUT2D eigenvalue weighted by Gasteiger charge is 2.51. The molecule has 3 heterocycles. The molecule has 0 unspecified atom stereocenters. The number of ketones is 1. The maximum Gasteiger partial charge on any atom is 0.408 e. The number of nitrogens with zero attached hydrogens (tertiary/aromatic N) is 4. The number of carbonyl (C=O) groups excluding carboxylic acids is 3. The quantitative estimate of drug-likeness (QED) is 0.461. The fourth-order valence-electron chi connectivity index (χ4n) is 7.51. The van der Waals surface area contributed by atoms with Crippen molar-refractivity contribution in [3.63, 3.8) is 0 Å². The molecule has 2 aromatic rings. The summed E-state index contributed by atoms with van der Waals surface area (Å²) in [5.74, 6) is -0.0712. The van der Waals surface area contributed by atoms with Crippen molar-refractivity contribution < 1.29 is 28.6 Å². The summed E-state index contributed by atoms with van der Waals surface area (Å²) in [5, 5.41) is 12.7. The number of alkyl carbamates (subject to hydrolysis) is 1. The predicted octanol–water partition coefficient (Wildman–Crippen LogP) is 5.53. The summed E-state index contributed by atoms with van der Waals surface area (Å²) >= 11 is 0. The van der Waals surface area contributed by atoms with Crippen molar-refractivity contribution in [1.82, 2.24) is 20.2 Å². The molecule has 1 saturated carbocycles. The molecule has 6 atom stereocenters. The van der Waals surface area contributed by atoms with Crippen LogP contribution < -0.4 is 14.8 Å². The Kier molecular flexibility index (Phi) is 9.75. The van der Waals surface area contributed by atoms with Gasteiger partial charge in [-0.2, -0.15) is 5.26 Å². The van der Waals surface area contributed by atoms with Crippen molar-refractivity contribution in [3.8, 4) is 17.7 Å². The van der Waals surface area contributed by atoms with Crippen molar-refractivity contribution in [2.24, 2.45) is 17.3 Å². The highest BCUT2D eigenvalue weighted by atomic mass is 16.6. The van der Waals surface area contributed by atoms with Crippen LogP contribution in [0, 0.1) is 28.6 Å². The lowest BCUT2D eigenvalue weighted by Gasteiger charge is -2.37. The Bertz CT molecular complexity index is 1520. The molecule has 1 aliphatic carbocycles. The lowest BCUT2D eigenvalue weighted by molar-refractivity contribution is -0.141. The Morgan fingerprint density at radius 1 is 1.15 bits per heavy atom. The molecule has 1 aromatic heterocycles. The number of Topliss-reactive ketones (excluding diaryl/α,β-unsaturated/α-hetero) is 1. The molecule has 2 fully saturated rings.